The van der Waals surface area contributed by atoms with Gasteiger partial charge >= 0.3 is 0 Å². The molecule has 0 amide bonds. The lowest BCUT2D eigenvalue weighted by Gasteiger charge is -2.06. The van der Waals surface area contributed by atoms with Crippen molar-refractivity contribution in [3.8, 4) is 0 Å². The summed E-state index contributed by atoms with van der Waals surface area (Å²) < 4.78 is 0. The van der Waals surface area contributed by atoms with Gasteiger partial charge in [-0.2, -0.15) is 5.10 Å². The number of aryl methyl sites for hydroxylation is 2. The Labute approximate surface area is 111 Å². The van der Waals surface area contributed by atoms with Crippen LogP contribution in [0.3, 0.4) is 0 Å². The zero-order valence-electron chi connectivity index (χ0n) is 10.9. The van der Waals surface area contributed by atoms with E-state index in [4.69, 9.17) is 0 Å². The number of nitrogens with zero attached hydrogens (tertiary/aromatic N) is 3. The molecule has 5 heteroatoms. The number of hydrogen-bond acceptors (Lipinski definition) is 4. The van der Waals surface area contributed by atoms with E-state index < -0.39 is 0 Å². The maximum absolute atomic E-state index is 4.25. The van der Waals surface area contributed by atoms with E-state index in [1.54, 1.807) is 6.33 Å². The number of hydrogen-bond donors (Lipinski definition) is 2. The van der Waals surface area contributed by atoms with E-state index in [-0.39, 0.29) is 0 Å². The van der Waals surface area contributed by atoms with E-state index in [0.29, 0.717) is 0 Å². The van der Waals surface area contributed by atoms with Crippen molar-refractivity contribution in [3.05, 3.63) is 41.9 Å². The quantitative estimate of drug-likeness (QED) is 0.753. The first kappa shape index (κ1) is 11.6. The van der Waals surface area contributed by atoms with Crippen LogP contribution in [-0.4, -0.2) is 20.2 Å². The largest absolute Gasteiger partial charge is 0.338 e. The molecule has 0 saturated heterocycles. The SMILES string of the molecule is CCc1ccc(Nc2ncnc3c(C)[nH]nc23)cc1. The van der Waals surface area contributed by atoms with Crippen molar-refractivity contribution in [1.29, 1.82) is 0 Å². The first-order chi connectivity index (χ1) is 9.28. The maximum atomic E-state index is 4.25. The maximum Gasteiger partial charge on any atom is 0.162 e. The number of fused-ring (bicyclic) bond motifs is 1. The van der Waals surface area contributed by atoms with Gasteiger partial charge in [0.15, 0.2) is 11.3 Å². The van der Waals surface area contributed by atoms with Crippen LogP contribution in [0.15, 0.2) is 30.6 Å². The summed E-state index contributed by atoms with van der Waals surface area (Å²) in [4.78, 5) is 8.48. The van der Waals surface area contributed by atoms with E-state index in [1.165, 1.54) is 5.56 Å². The lowest BCUT2D eigenvalue weighted by atomic mass is 10.1. The number of nitrogens with one attached hydrogen (secondary N) is 2. The molecule has 3 aromatic rings. The first-order valence-electron chi connectivity index (χ1n) is 6.29. The van der Waals surface area contributed by atoms with Crippen LogP contribution < -0.4 is 5.32 Å². The third-order valence-electron chi connectivity index (χ3n) is 3.14. The molecule has 0 saturated carbocycles. The van der Waals surface area contributed by atoms with Crippen LogP contribution in [0.4, 0.5) is 11.5 Å². The van der Waals surface area contributed by atoms with Crippen molar-refractivity contribution in [2.45, 2.75) is 20.3 Å². The standard InChI is InChI=1S/C14H15N5/c1-3-10-4-6-11(7-5-10)17-14-13-12(15-8-16-14)9(2)18-19-13/h4-8H,3H2,1-2H3,(H,18,19)(H,15,16,17). The Morgan fingerprint density at radius 3 is 2.63 bits per heavy atom. The van der Waals surface area contributed by atoms with Crippen molar-refractivity contribution in [3.63, 3.8) is 0 Å². The molecule has 0 aliphatic rings. The summed E-state index contributed by atoms with van der Waals surface area (Å²) >= 11 is 0. The topological polar surface area (TPSA) is 66.5 Å². The Bertz CT molecular complexity index is 699. The monoisotopic (exact) mass is 253 g/mol. The van der Waals surface area contributed by atoms with Crippen molar-refractivity contribution < 1.29 is 0 Å². The molecule has 2 aromatic heterocycles. The summed E-state index contributed by atoms with van der Waals surface area (Å²) in [6.45, 7) is 4.09. The molecule has 0 aliphatic carbocycles. The van der Waals surface area contributed by atoms with Gasteiger partial charge in [-0.25, -0.2) is 9.97 Å². The number of H-pyrrole nitrogens is 1. The van der Waals surface area contributed by atoms with Gasteiger partial charge < -0.3 is 5.32 Å². The Hall–Kier alpha value is -2.43. The van der Waals surface area contributed by atoms with Crippen molar-refractivity contribution in [1.82, 2.24) is 20.2 Å². The van der Waals surface area contributed by atoms with Gasteiger partial charge in [0.25, 0.3) is 0 Å². The number of rotatable bonds is 3. The fourth-order valence-electron chi connectivity index (χ4n) is 2.00. The predicted molar refractivity (Wildman–Crippen MR) is 75.5 cm³/mol. The van der Waals surface area contributed by atoms with Gasteiger partial charge in [0.2, 0.25) is 0 Å². The van der Waals surface area contributed by atoms with Crippen molar-refractivity contribution in [2.24, 2.45) is 0 Å². The third kappa shape index (κ3) is 2.14. The highest BCUT2D eigenvalue weighted by Gasteiger charge is 2.09. The summed E-state index contributed by atoms with van der Waals surface area (Å²) in [6, 6.07) is 8.31. The smallest absolute Gasteiger partial charge is 0.162 e. The lowest BCUT2D eigenvalue weighted by Crippen LogP contribution is -1.96. The molecular formula is C14H15N5. The normalized spacial score (nSPS) is 10.8. The van der Waals surface area contributed by atoms with Gasteiger partial charge in [0, 0.05) is 5.69 Å². The summed E-state index contributed by atoms with van der Waals surface area (Å²) in [7, 11) is 0. The minimum absolute atomic E-state index is 0.721. The van der Waals surface area contributed by atoms with E-state index in [9.17, 15) is 0 Å². The van der Waals surface area contributed by atoms with Crippen LogP contribution in [0.1, 0.15) is 18.2 Å². The molecule has 5 nitrogen and oxygen atoms in total. The third-order valence-corrected chi connectivity index (χ3v) is 3.14. The molecule has 2 N–H and O–H groups in total. The van der Waals surface area contributed by atoms with Crippen molar-refractivity contribution >= 4 is 22.5 Å². The second kappa shape index (κ2) is 4.68. The zero-order valence-corrected chi connectivity index (χ0v) is 10.9. The van der Waals surface area contributed by atoms with E-state index in [1.807, 2.05) is 19.1 Å². The fourth-order valence-corrected chi connectivity index (χ4v) is 2.00. The molecule has 0 unspecified atom stereocenters. The Balaban J connectivity index is 1.96. The highest BCUT2D eigenvalue weighted by atomic mass is 15.2. The average Bonchev–Trinajstić information content (AvgIpc) is 2.83. The molecule has 0 fully saturated rings. The second-order valence-corrected chi connectivity index (χ2v) is 4.44. The van der Waals surface area contributed by atoms with Crippen molar-refractivity contribution in [2.75, 3.05) is 5.32 Å². The van der Waals surface area contributed by atoms with Gasteiger partial charge in [-0.3, -0.25) is 5.10 Å². The van der Waals surface area contributed by atoms with Crippen LogP contribution in [0.2, 0.25) is 0 Å². The first-order valence-corrected chi connectivity index (χ1v) is 6.29. The van der Waals surface area contributed by atoms with E-state index >= 15 is 0 Å². The highest BCUT2D eigenvalue weighted by molar-refractivity contribution is 5.88. The average molecular weight is 253 g/mol. The Morgan fingerprint density at radius 1 is 1.11 bits per heavy atom. The second-order valence-electron chi connectivity index (χ2n) is 4.44. The predicted octanol–water partition coefficient (Wildman–Crippen LogP) is 2.97. The summed E-state index contributed by atoms with van der Waals surface area (Å²) in [6.07, 6.45) is 2.59. The number of anilines is 2. The molecule has 1 aromatic carbocycles. The number of benzene rings is 1. The summed E-state index contributed by atoms with van der Waals surface area (Å²) in [5.74, 6) is 0.721. The minimum atomic E-state index is 0.721. The minimum Gasteiger partial charge on any atom is -0.338 e. The van der Waals surface area contributed by atoms with Gasteiger partial charge in [-0.15, -0.1) is 0 Å². The Kier molecular flexibility index (Phi) is 2.87. The van der Waals surface area contributed by atoms with Crippen LogP contribution in [0.25, 0.3) is 11.0 Å². The summed E-state index contributed by atoms with van der Waals surface area (Å²) in [5.41, 5.74) is 4.87. The number of aromatic nitrogens is 4. The fraction of sp³-hybridized carbons (Fsp3) is 0.214. The Morgan fingerprint density at radius 2 is 1.89 bits per heavy atom. The molecule has 96 valence electrons. The zero-order chi connectivity index (χ0) is 13.2. The number of aromatic amines is 1. The van der Waals surface area contributed by atoms with Crippen LogP contribution in [0.5, 0.6) is 0 Å². The molecular weight excluding hydrogens is 238 g/mol. The van der Waals surface area contributed by atoms with E-state index in [0.717, 1.165) is 34.7 Å². The molecule has 0 spiro atoms. The summed E-state index contributed by atoms with van der Waals surface area (Å²) in [5, 5.41) is 10.4. The van der Waals surface area contributed by atoms with Gasteiger partial charge in [-0.05, 0) is 31.0 Å². The van der Waals surface area contributed by atoms with Gasteiger partial charge in [0.1, 0.15) is 11.8 Å². The molecule has 19 heavy (non-hydrogen) atoms. The molecule has 0 atom stereocenters. The van der Waals surface area contributed by atoms with Gasteiger partial charge in [-0.1, -0.05) is 19.1 Å². The van der Waals surface area contributed by atoms with Crippen LogP contribution >= 0.6 is 0 Å². The van der Waals surface area contributed by atoms with Crippen LogP contribution in [-0.2, 0) is 6.42 Å². The van der Waals surface area contributed by atoms with E-state index in [2.05, 4.69) is 44.5 Å². The highest BCUT2D eigenvalue weighted by Crippen LogP contribution is 2.22. The van der Waals surface area contributed by atoms with Gasteiger partial charge in [0.05, 0.1) is 5.69 Å². The van der Waals surface area contributed by atoms with Crippen LogP contribution in [0, 0.1) is 6.92 Å². The molecule has 0 aliphatic heterocycles. The lowest BCUT2D eigenvalue weighted by molar-refractivity contribution is 1.07. The molecule has 0 bridgehead atoms. The molecule has 2 heterocycles. The molecule has 3 rings (SSSR count). The molecule has 0 radical (unpaired) electrons.